The molecule has 2 amide bonds. The van der Waals surface area contributed by atoms with E-state index in [9.17, 15) is 9.18 Å². The van der Waals surface area contributed by atoms with Crippen LogP contribution in [0.15, 0.2) is 60.4 Å². The maximum absolute atomic E-state index is 14.1. The SMILES string of the molecule is Cc1ccc(-n2cc3c(N4CCCN(C(=O)NCc5ccc6sccc6c5)C4)ncnc3n2)cc1F. The second-order valence-corrected chi connectivity index (χ2v) is 9.86. The van der Waals surface area contributed by atoms with Crippen molar-refractivity contribution >= 4 is 44.3 Å². The van der Waals surface area contributed by atoms with E-state index in [4.69, 9.17) is 0 Å². The summed E-state index contributed by atoms with van der Waals surface area (Å²) in [7, 11) is 0. The average molecular weight is 502 g/mol. The first-order valence-electron chi connectivity index (χ1n) is 11.8. The molecule has 1 aliphatic rings. The fourth-order valence-corrected chi connectivity index (χ4v) is 5.26. The number of nitrogens with zero attached hydrogens (tertiary/aromatic N) is 6. The van der Waals surface area contributed by atoms with Gasteiger partial charge in [0, 0.05) is 30.5 Å². The first-order chi connectivity index (χ1) is 17.5. The molecule has 1 saturated heterocycles. The second-order valence-electron chi connectivity index (χ2n) is 8.92. The summed E-state index contributed by atoms with van der Waals surface area (Å²) in [5.41, 5.74) is 2.78. The van der Waals surface area contributed by atoms with Gasteiger partial charge in [-0.2, -0.15) is 0 Å². The van der Waals surface area contributed by atoms with Gasteiger partial charge in [-0.05, 0) is 65.6 Å². The van der Waals surface area contributed by atoms with Gasteiger partial charge in [-0.15, -0.1) is 16.4 Å². The van der Waals surface area contributed by atoms with Gasteiger partial charge in [-0.1, -0.05) is 12.1 Å². The molecule has 2 aromatic carbocycles. The summed E-state index contributed by atoms with van der Waals surface area (Å²) in [5.74, 6) is 0.422. The third-order valence-electron chi connectivity index (χ3n) is 6.46. The van der Waals surface area contributed by atoms with E-state index in [1.165, 1.54) is 22.5 Å². The van der Waals surface area contributed by atoms with E-state index in [2.05, 4.69) is 54.9 Å². The summed E-state index contributed by atoms with van der Waals surface area (Å²) in [6.07, 6.45) is 4.11. The number of fused-ring (bicyclic) bond motifs is 2. The molecule has 8 nitrogen and oxygen atoms in total. The van der Waals surface area contributed by atoms with Crippen LogP contribution in [0.3, 0.4) is 0 Å². The molecule has 6 rings (SSSR count). The largest absolute Gasteiger partial charge is 0.338 e. The van der Waals surface area contributed by atoms with Crippen LogP contribution in [0, 0.1) is 12.7 Å². The van der Waals surface area contributed by atoms with Crippen LogP contribution in [0.5, 0.6) is 0 Å². The number of amides is 2. The molecule has 182 valence electrons. The van der Waals surface area contributed by atoms with Crippen molar-refractivity contribution in [3.63, 3.8) is 0 Å². The van der Waals surface area contributed by atoms with Crippen LogP contribution in [-0.2, 0) is 6.54 Å². The van der Waals surface area contributed by atoms with Crippen molar-refractivity contribution in [2.45, 2.75) is 19.9 Å². The molecule has 1 aliphatic heterocycles. The van der Waals surface area contributed by atoms with E-state index < -0.39 is 0 Å². The van der Waals surface area contributed by atoms with Gasteiger partial charge in [-0.3, -0.25) is 0 Å². The summed E-state index contributed by atoms with van der Waals surface area (Å²) in [6, 6.07) is 13.2. The van der Waals surface area contributed by atoms with Crippen LogP contribution in [-0.4, -0.2) is 50.4 Å². The Morgan fingerprint density at radius 2 is 2.06 bits per heavy atom. The Balaban J connectivity index is 1.19. The molecule has 0 radical (unpaired) electrons. The van der Waals surface area contributed by atoms with Gasteiger partial charge in [-0.25, -0.2) is 23.8 Å². The molecule has 5 aromatic rings. The van der Waals surface area contributed by atoms with Crippen molar-refractivity contribution in [3.05, 3.63) is 77.3 Å². The first-order valence-corrected chi connectivity index (χ1v) is 12.6. The van der Waals surface area contributed by atoms with Crippen molar-refractivity contribution in [2.24, 2.45) is 0 Å². The lowest BCUT2D eigenvalue weighted by Crippen LogP contribution is -2.51. The number of hydrogen-bond donors (Lipinski definition) is 1. The molecular formula is C26H24FN7OS. The van der Waals surface area contributed by atoms with Gasteiger partial charge < -0.3 is 15.1 Å². The van der Waals surface area contributed by atoms with Crippen molar-refractivity contribution in [1.29, 1.82) is 0 Å². The van der Waals surface area contributed by atoms with Crippen LogP contribution in [0.2, 0.25) is 0 Å². The number of benzene rings is 2. The quantitative estimate of drug-likeness (QED) is 0.381. The average Bonchev–Trinajstić information content (AvgIpc) is 3.55. The van der Waals surface area contributed by atoms with E-state index in [0.29, 0.717) is 42.5 Å². The number of anilines is 1. The van der Waals surface area contributed by atoms with Crippen molar-refractivity contribution in [3.8, 4) is 5.69 Å². The van der Waals surface area contributed by atoms with Gasteiger partial charge >= 0.3 is 6.03 Å². The summed E-state index contributed by atoms with van der Waals surface area (Å²) in [5, 5.41) is 11.6. The molecule has 1 fully saturated rings. The highest BCUT2D eigenvalue weighted by Gasteiger charge is 2.25. The highest BCUT2D eigenvalue weighted by molar-refractivity contribution is 7.17. The van der Waals surface area contributed by atoms with E-state index in [1.807, 2.05) is 12.3 Å². The van der Waals surface area contributed by atoms with Gasteiger partial charge in [0.1, 0.15) is 18.0 Å². The standard InChI is InChI=1S/C26H24FN7OS/c1-17-3-5-20(12-22(17)27)34-14-21-24(31-34)29-15-30-25(21)32-8-2-9-33(16-32)26(35)28-13-18-4-6-23-19(11-18)7-10-36-23/h3-7,10-12,14-15H,2,8-9,13,16H2,1H3,(H,28,35). The van der Waals surface area contributed by atoms with Gasteiger partial charge in [0.15, 0.2) is 5.65 Å². The molecule has 3 aromatic heterocycles. The molecule has 4 heterocycles. The maximum atomic E-state index is 14.1. The topological polar surface area (TPSA) is 79.2 Å². The number of urea groups is 1. The second kappa shape index (κ2) is 9.19. The van der Waals surface area contributed by atoms with E-state index in [0.717, 1.165) is 23.9 Å². The van der Waals surface area contributed by atoms with Gasteiger partial charge in [0.2, 0.25) is 0 Å². The maximum Gasteiger partial charge on any atom is 0.319 e. The number of aromatic nitrogens is 4. The number of thiophene rings is 1. The number of carbonyl (C=O) groups is 1. The number of aryl methyl sites for hydroxylation is 1. The molecule has 0 saturated carbocycles. The van der Waals surface area contributed by atoms with Crippen LogP contribution in [0.25, 0.3) is 26.8 Å². The highest BCUT2D eigenvalue weighted by Crippen LogP contribution is 2.26. The van der Waals surface area contributed by atoms with Crippen LogP contribution in [0.1, 0.15) is 17.5 Å². The smallest absolute Gasteiger partial charge is 0.319 e. The Hall–Kier alpha value is -4.05. The summed E-state index contributed by atoms with van der Waals surface area (Å²) < 4.78 is 17.0. The van der Waals surface area contributed by atoms with E-state index in [1.54, 1.807) is 33.9 Å². The fraction of sp³-hybridized carbons (Fsp3) is 0.231. The fourth-order valence-electron chi connectivity index (χ4n) is 4.49. The first kappa shape index (κ1) is 22.4. The Morgan fingerprint density at radius 1 is 1.14 bits per heavy atom. The Bertz CT molecular complexity index is 1580. The number of rotatable bonds is 4. The predicted octanol–water partition coefficient (Wildman–Crippen LogP) is 4.86. The zero-order valence-electron chi connectivity index (χ0n) is 19.7. The number of hydrogen-bond acceptors (Lipinski definition) is 6. The lowest BCUT2D eigenvalue weighted by molar-refractivity contribution is 0.189. The molecule has 0 bridgehead atoms. The van der Waals surface area contributed by atoms with Crippen molar-refractivity contribution in [1.82, 2.24) is 30.0 Å². The van der Waals surface area contributed by atoms with E-state index >= 15 is 0 Å². The predicted molar refractivity (Wildman–Crippen MR) is 139 cm³/mol. The minimum absolute atomic E-state index is 0.110. The zero-order chi connectivity index (χ0) is 24.6. The Kier molecular flexibility index (Phi) is 5.73. The number of halogens is 1. The molecule has 1 N–H and O–H groups in total. The molecule has 10 heteroatoms. The molecule has 0 spiro atoms. The third kappa shape index (κ3) is 4.24. The molecular weight excluding hydrogens is 477 g/mol. The molecule has 0 aliphatic carbocycles. The minimum atomic E-state index is -0.286. The Labute approximate surface area is 211 Å². The molecule has 0 atom stereocenters. The highest BCUT2D eigenvalue weighted by atomic mass is 32.1. The van der Waals surface area contributed by atoms with Crippen LogP contribution >= 0.6 is 11.3 Å². The summed E-state index contributed by atoms with van der Waals surface area (Å²) in [6.45, 7) is 4.03. The van der Waals surface area contributed by atoms with Crippen molar-refractivity contribution in [2.75, 3.05) is 24.7 Å². The van der Waals surface area contributed by atoms with Crippen LogP contribution in [0.4, 0.5) is 15.0 Å². The number of nitrogens with one attached hydrogen (secondary N) is 1. The van der Waals surface area contributed by atoms with Gasteiger partial charge in [0.05, 0.1) is 17.7 Å². The zero-order valence-corrected chi connectivity index (χ0v) is 20.5. The van der Waals surface area contributed by atoms with E-state index in [-0.39, 0.29) is 11.8 Å². The third-order valence-corrected chi connectivity index (χ3v) is 7.36. The molecule has 36 heavy (non-hydrogen) atoms. The lowest BCUT2D eigenvalue weighted by atomic mass is 10.2. The summed E-state index contributed by atoms with van der Waals surface area (Å²) in [4.78, 5) is 25.6. The van der Waals surface area contributed by atoms with Crippen LogP contribution < -0.4 is 10.2 Å². The summed E-state index contributed by atoms with van der Waals surface area (Å²) >= 11 is 1.71. The Morgan fingerprint density at radius 3 is 2.94 bits per heavy atom. The normalized spacial score (nSPS) is 14.1. The monoisotopic (exact) mass is 501 g/mol. The molecule has 0 unspecified atom stereocenters. The lowest BCUT2D eigenvalue weighted by Gasteiger charge is -2.36. The number of carbonyl (C=O) groups excluding carboxylic acids is 1. The minimum Gasteiger partial charge on any atom is -0.338 e. The van der Waals surface area contributed by atoms with Crippen molar-refractivity contribution < 1.29 is 9.18 Å². The van der Waals surface area contributed by atoms with Gasteiger partial charge in [0.25, 0.3) is 0 Å².